The van der Waals surface area contributed by atoms with Gasteiger partial charge in [-0.3, -0.25) is 9.59 Å². The lowest BCUT2D eigenvalue weighted by atomic mass is 9.87. The number of hydrogen-bond donors (Lipinski definition) is 3. The molecule has 0 radical (unpaired) electrons. The molecule has 0 saturated heterocycles. The lowest BCUT2D eigenvalue weighted by molar-refractivity contribution is -0.119. The highest BCUT2D eigenvalue weighted by Gasteiger charge is 2.27. The number of benzene rings is 1. The summed E-state index contributed by atoms with van der Waals surface area (Å²) in [7, 11) is 1.58. The van der Waals surface area contributed by atoms with Gasteiger partial charge in [0.15, 0.2) is 0 Å². The highest BCUT2D eigenvalue weighted by Crippen LogP contribution is 2.21. The maximum absolute atomic E-state index is 12.1. The molecule has 0 unspecified atom stereocenters. The van der Waals surface area contributed by atoms with E-state index in [9.17, 15) is 9.59 Å². The van der Waals surface area contributed by atoms with E-state index in [1.54, 1.807) is 25.2 Å². The molecule has 0 aliphatic heterocycles. The monoisotopic (exact) mass is 277 g/mol. The lowest BCUT2D eigenvalue weighted by Crippen LogP contribution is -2.45. The Morgan fingerprint density at radius 1 is 1.25 bits per heavy atom. The maximum Gasteiger partial charge on any atom is 0.251 e. The summed E-state index contributed by atoms with van der Waals surface area (Å²) in [6, 6.07) is 4.52. The molecule has 0 fully saturated rings. The molecule has 1 aromatic carbocycles. The van der Waals surface area contributed by atoms with E-state index in [1.807, 2.05) is 27.7 Å². The van der Waals surface area contributed by atoms with Gasteiger partial charge in [0, 0.05) is 18.3 Å². The highest BCUT2D eigenvalue weighted by atomic mass is 16.2. The molecule has 0 aliphatic rings. The minimum absolute atomic E-state index is 0.155. The van der Waals surface area contributed by atoms with E-state index in [0.717, 1.165) is 5.56 Å². The van der Waals surface area contributed by atoms with Gasteiger partial charge in [0.25, 0.3) is 5.91 Å². The summed E-state index contributed by atoms with van der Waals surface area (Å²) in [6.45, 7) is 7.58. The van der Waals surface area contributed by atoms with Gasteiger partial charge in [0.2, 0.25) is 5.91 Å². The van der Waals surface area contributed by atoms with Crippen molar-refractivity contribution in [3.05, 3.63) is 29.3 Å². The normalized spacial score (nSPS) is 12.7. The van der Waals surface area contributed by atoms with Crippen LogP contribution in [0.1, 0.15) is 36.7 Å². The highest BCUT2D eigenvalue weighted by molar-refractivity contribution is 5.98. The zero-order chi connectivity index (χ0) is 15.5. The average Bonchev–Trinajstić information content (AvgIpc) is 2.38. The molecular weight excluding hydrogens is 254 g/mol. The number of amides is 2. The van der Waals surface area contributed by atoms with Crippen LogP contribution in [0.15, 0.2) is 18.2 Å². The van der Waals surface area contributed by atoms with Crippen molar-refractivity contribution in [3.63, 3.8) is 0 Å². The van der Waals surface area contributed by atoms with Gasteiger partial charge in [0.05, 0.1) is 6.04 Å². The Labute approximate surface area is 119 Å². The second-order valence-corrected chi connectivity index (χ2v) is 5.94. The fourth-order valence-electron chi connectivity index (χ4n) is 1.69. The first kappa shape index (κ1) is 16.2. The van der Waals surface area contributed by atoms with E-state index in [0.29, 0.717) is 11.3 Å². The predicted octanol–water partition coefficient (Wildman–Crippen LogP) is 1.67. The molecule has 0 saturated carbocycles. The fourth-order valence-corrected chi connectivity index (χ4v) is 1.69. The first-order valence-electron chi connectivity index (χ1n) is 6.56. The molecule has 1 rings (SSSR count). The van der Waals surface area contributed by atoms with Crippen molar-refractivity contribution in [2.24, 2.45) is 11.1 Å². The maximum atomic E-state index is 12.1. The summed E-state index contributed by atoms with van der Waals surface area (Å²) in [6.07, 6.45) is 0. The van der Waals surface area contributed by atoms with Gasteiger partial charge >= 0.3 is 0 Å². The zero-order valence-corrected chi connectivity index (χ0v) is 12.7. The SMILES string of the molecule is CNC(=O)c1ccc(NC(=O)[C@@H](N)C(C)(C)C)c(C)c1. The Bertz CT molecular complexity index is 518. The van der Waals surface area contributed by atoms with Gasteiger partial charge in [-0.15, -0.1) is 0 Å². The van der Waals surface area contributed by atoms with Crippen LogP contribution in [0.25, 0.3) is 0 Å². The number of hydrogen-bond acceptors (Lipinski definition) is 3. The molecule has 2 amide bonds. The van der Waals surface area contributed by atoms with E-state index >= 15 is 0 Å². The van der Waals surface area contributed by atoms with Crippen LogP contribution >= 0.6 is 0 Å². The van der Waals surface area contributed by atoms with Crippen molar-refractivity contribution in [1.29, 1.82) is 0 Å². The number of anilines is 1. The smallest absolute Gasteiger partial charge is 0.251 e. The van der Waals surface area contributed by atoms with Gasteiger partial charge in [-0.1, -0.05) is 20.8 Å². The lowest BCUT2D eigenvalue weighted by Gasteiger charge is -2.26. The van der Waals surface area contributed by atoms with Gasteiger partial charge in [-0.05, 0) is 36.1 Å². The number of aryl methyl sites for hydroxylation is 1. The molecule has 20 heavy (non-hydrogen) atoms. The third-order valence-electron chi connectivity index (χ3n) is 3.19. The minimum Gasteiger partial charge on any atom is -0.355 e. The third-order valence-corrected chi connectivity index (χ3v) is 3.19. The van der Waals surface area contributed by atoms with Crippen LogP contribution in [0.5, 0.6) is 0 Å². The Kier molecular flexibility index (Phi) is 4.89. The summed E-state index contributed by atoms with van der Waals surface area (Å²) in [4.78, 5) is 23.6. The molecule has 1 aromatic rings. The second kappa shape index (κ2) is 6.05. The predicted molar refractivity (Wildman–Crippen MR) is 80.6 cm³/mol. The van der Waals surface area contributed by atoms with Crippen molar-refractivity contribution in [1.82, 2.24) is 5.32 Å². The quantitative estimate of drug-likeness (QED) is 0.785. The molecule has 5 nitrogen and oxygen atoms in total. The summed E-state index contributed by atoms with van der Waals surface area (Å²) in [5.74, 6) is -0.384. The minimum atomic E-state index is -0.597. The van der Waals surface area contributed by atoms with Gasteiger partial charge < -0.3 is 16.4 Å². The fraction of sp³-hybridized carbons (Fsp3) is 0.467. The van der Waals surface area contributed by atoms with Crippen LogP contribution in [0.4, 0.5) is 5.69 Å². The second-order valence-electron chi connectivity index (χ2n) is 5.94. The average molecular weight is 277 g/mol. The van der Waals surface area contributed by atoms with Crippen molar-refractivity contribution in [3.8, 4) is 0 Å². The molecule has 4 N–H and O–H groups in total. The molecule has 0 heterocycles. The van der Waals surface area contributed by atoms with Crippen LogP contribution in [-0.4, -0.2) is 24.9 Å². The summed E-state index contributed by atoms with van der Waals surface area (Å²) < 4.78 is 0. The number of carbonyl (C=O) groups is 2. The summed E-state index contributed by atoms with van der Waals surface area (Å²) >= 11 is 0. The topological polar surface area (TPSA) is 84.2 Å². The first-order chi connectivity index (χ1) is 9.16. The van der Waals surface area contributed by atoms with Crippen LogP contribution in [0.3, 0.4) is 0 Å². The number of nitrogens with one attached hydrogen (secondary N) is 2. The summed E-state index contributed by atoms with van der Waals surface area (Å²) in [5.41, 5.74) is 7.66. The van der Waals surface area contributed by atoms with Crippen LogP contribution in [0.2, 0.25) is 0 Å². The molecule has 1 atom stereocenters. The van der Waals surface area contributed by atoms with E-state index in [4.69, 9.17) is 5.73 Å². The number of carbonyl (C=O) groups excluding carboxylic acids is 2. The van der Waals surface area contributed by atoms with Crippen LogP contribution in [0, 0.1) is 12.3 Å². The van der Waals surface area contributed by atoms with Gasteiger partial charge in [0.1, 0.15) is 0 Å². The molecule has 0 aliphatic carbocycles. The van der Waals surface area contributed by atoms with E-state index in [1.165, 1.54) is 0 Å². The molecule has 0 bridgehead atoms. The van der Waals surface area contributed by atoms with Crippen LogP contribution in [-0.2, 0) is 4.79 Å². The van der Waals surface area contributed by atoms with Gasteiger partial charge in [-0.2, -0.15) is 0 Å². The number of rotatable bonds is 3. The first-order valence-corrected chi connectivity index (χ1v) is 6.56. The van der Waals surface area contributed by atoms with Crippen molar-refractivity contribution in [2.75, 3.05) is 12.4 Å². The Morgan fingerprint density at radius 2 is 1.85 bits per heavy atom. The zero-order valence-electron chi connectivity index (χ0n) is 12.7. The standard InChI is InChI=1S/C15H23N3O2/c1-9-8-10(13(19)17-5)6-7-11(9)18-14(20)12(16)15(2,3)4/h6-8,12H,16H2,1-5H3,(H,17,19)(H,18,20)/t12-/m1/s1. The largest absolute Gasteiger partial charge is 0.355 e. The van der Waals surface area contributed by atoms with E-state index in [2.05, 4.69) is 10.6 Å². The number of nitrogens with two attached hydrogens (primary N) is 1. The van der Waals surface area contributed by atoms with Crippen LogP contribution < -0.4 is 16.4 Å². The van der Waals surface area contributed by atoms with Crippen molar-refractivity contribution in [2.45, 2.75) is 33.7 Å². The third kappa shape index (κ3) is 3.81. The van der Waals surface area contributed by atoms with Crippen molar-refractivity contribution < 1.29 is 9.59 Å². The summed E-state index contributed by atoms with van der Waals surface area (Å²) in [5, 5.41) is 5.37. The molecule has 5 heteroatoms. The molecule has 0 aromatic heterocycles. The Hall–Kier alpha value is -1.88. The van der Waals surface area contributed by atoms with Crippen molar-refractivity contribution >= 4 is 17.5 Å². The molecule has 0 spiro atoms. The Morgan fingerprint density at radius 3 is 2.30 bits per heavy atom. The Balaban J connectivity index is 2.89. The van der Waals surface area contributed by atoms with Gasteiger partial charge in [-0.25, -0.2) is 0 Å². The van der Waals surface area contributed by atoms with E-state index < -0.39 is 6.04 Å². The molecule has 110 valence electrons. The molecular formula is C15H23N3O2. The van der Waals surface area contributed by atoms with E-state index in [-0.39, 0.29) is 17.2 Å².